The maximum absolute atomic E-state index is 13.6. The average Bonchev–Trinajstić information content (AvgIpc) is 3.27. The van der Waals surface area contributed by atoms with E-state index in [9.17, 15) is 9.90 Å². The van der Waals surface area contributed by atoms with Gasteiger partial charge in [-0.25, -0.2) is 4.98 Å². The number of nitrogens with two attached hydrogens (primary N) is 1. The molecule has 1 saturated heterocycles. The van der Waals surface area contributed by atoms with Crippen molar-refractivity contribution in [3.8, 4) is 16.3 Å². The van der Waals surface area contributed by atoms with Gasteiger partial charge in [0.2, 0.25) is 11.3 Å². The third-order valence-corrected chi connectivity index (χ3v) is 8.61. The maximum Gasteiger partial charge on any atom is 0.205 e. The second-order valence-electron chi connectivity index (χ2n) is 11.2. The van der Waals surface area contributed by atoms with Gasteiger partial charge in [-0.15, -0.1) is 11.3 Å². The Balaban J connectivity index is 1.44. The molecule has 3 heterocycles. The molecule has 0 unspecified atom stereocenters. The van der Waals surface area contributed by atoms with Crippen LogP contribution in [-0.4, -0.2) is 27.6 Å². The van der Waals surface area contributed by atoms with Crippen molar-refractivity contribution in [3.05, 3.63) is 52.2 Å². The number of benzene rings is 2. The average molecular weight is 476 g/mol. The molecule has 0 amide bonds. The Kier molecular flexibility index (Phi) is 4.64. The van der Waals surface area contributed by atoms with Crippen molar-refractivity contribution in [2.24, 2.45) is 10.8 Å². The van der Waals surface area contributed by atoms with Crippen LogP contribution in [0.5, 0.6) is 5.75 Å². The molecule has 7 heteroatoms. The molecular weight excluding hydrogens is 446 g/mol. The first-order chi connectivity index (χ1) is 16.1. The summed E-state index contributed by atoms with van der Waals surface area (Å²) in [6.07, 6.45) is 3.49. The largest absolute Gasteiger partial charge is 0.507 e. The predicted octanol–water partition coefficient (Wildman–Crippen LogP) is 5.76. The van der Waals surface area contributed by atoms with E-state index >= 15 is 0 Å². The zero-order chi connectivity index (χ0) is 23.8. The first-order valence-corrected chi connectivity index (χ1v) is 12.6. The molecule has 2 aromatic carbocycles. The molecule has 2 aromatic heterocycles. The van der Waals surface area contributed by atoms with Crippen LogP contribution in [0.4, 0.5) is 5.88 Å². The fourth-order valence-corrected chi connectivity index (χ4v) is 7.63. The van der Waals surface area contributed by atoms with Gasteiger partial charge in [0.15, 0.2) is 0 Å². The molecule has 6 nitrogen and oxygen atoms in total. The third kappa shape index (κ3) is 3.41. The fourth-order valence-electron chi connectivity index (χ4n) is 6.62. The molecule has 2 aliphatic rings. The molecule has 1 saturated carbocycles. The molecule has 34 heavy (non-hydrogen) atoms. The van der Waals surface area contributed by atoms with Crippen LogP contribution in [0.2, 0.25) is 0 Å². The molecule has 2 bridgehead atoms. The minimum absolute atomic E-state index is 0.0386. The molecule has 6 rings (SSSR count). The number of para-hydroxylation sites is 1. The standard InChI is InChI=1S/C27H29N3O3S/c1-26(2)10-15-11-27(3,13-26)14-30(15)12-17-19(31)9-8-16-22(32)21(24(28)33-23(16)17)25-29-18-6-4-5-7-20(18)34-25/h4-9,15,31H,10-14,28H2,1-3H3/t15-,27+/m1/s1. The molecule has 4 aromatic rings. The van der Waals surface area contributed by atoms with E-state index in [-0.39, 0.29) is 28.0 Å². The number of aromatic nitrogens is 1. The van der Waals surface area contributed by atoms with Gasteiger partial charge in [-0.2, -0.15) is 0 Å². The summed E-state index contributed by atoms with van der Waals surface area (Å²) in [5.74, 6) is 0.172. The second kappa shape index (κ2) is 7.30. The molecule has 1 aliphatic heterocycles. The summed E-state index contributed by atoms with van der Waals surface area (Å²) in [4.78, 5) is 20.6. The quantitative estimate of drug-likeness (QED) is 0.391. The highest BCUT2D eigenvalue weighted by Crippen LogP contribution is 2.53. The topological polar surface area (TPSA) is 92.6 Å². The predicted molar refractivity (Wildman–Crippen MR) is 137 cm³/mol. The Bertz CT molecular complexity index is 1470. The van der Waals surface area contributed by atoms with Gasteiger partial charge in [0.25, 0.3) is 0 Å². The first-order valence-electron chi connectivity index (χ1n) is 11.8. The number of thiazole rings is 1. The van der Waals surface area contributed by atoms with Gasteiger partial charge in [0.1, 0.15) is 21.9 Å². The molecule has 3 N–H and O–H groups in total. The van der Waals surface area contributed by atoms with Crippen molar-refractivity contribution >= 4 is 38.4 Å². The minimum atomic E-state index is -0.215. The smallest absolute Gasteiger partial charge is 0.205 e. The molecule has 2 atom stereocenters. The lowest BCUT2D eigenvalue weighted by Crippen LogP contribution is -2.34. The monoisotopic (exact) mass is 475 g/mol. The van der Waals surface area contributed by atoms with Crippen LogP contribution in [0.25, 0.3) is 31.8 Å². The van der Waals surface area contributed by atoms with E-state index in [4.69, 9.17) is 10.2 Å². The number of hydrogen-bond donors (Lipinski definition) is 2. The van der Waals surface area contributed by atoms with Gasteiger partial charge in [0, 0.05) is 19.1 Å². The molecule has 2 fully saturated rings. The van der Waals surface area contributed by atoms with Gasteiger partial charge in [0.05, 0.1) is 21.2 Å². The van der Waals surface area contributed by atoms with Crippen LogP contribution in [0.3, 0.4) is 0 Å². The van der Waals surface area contributed by atoms with Crippen molar-refractivity contribution in [2.75, 3.05) is 12.3 Å². The Morgan fingerprint density at radius 2 is 2.00 bits per heavy atom. The van der Waals surface area contributed by atoms with Gasteiger partial charge in [-0.1, -0.05) is 32.9 Å². The van der Waals surface area contributed by atoms with E-state index in [0.29, 0.717) is 39.5 Å². The van der Waals surface area contributed by atoms with E-state index < -0.39 is 0 Å². The highest BCUT2D eigenvalue weighted by atomic mass is 32.1. The number of nitrogen functional groups attached to an aromatic ring is 1. The minimum Gasteiger partial charge on any atom is -0.507 e. The Labute approximate surface area is 202 Å². The number of anilines is 1. The van der Waals surface area contributed by atoms with Crippen LogP contribution in [0, 0.1) is 10.8 Å². The van der Waals surface area contributed by atoms with Crippen molar-refractivity contribution in [1.82, 2.24) is 9.88 Å². The lowest BCUT2D eigenvalue weighted by molar-refractivity contribution is 0.126. The Morgan fingerprint density at radius 1 is 1.21 bits per heavy atom. The van der Waals surface area contributed by atoms with Gasteiger partial charge < -0.3 is 15.3 Å². The SMILES string of the molecule is CC1(C)C[C@@H]2C[C@](C)(CN2Cc2c(O)ccc3c(=O)c(-c4nc5ccccc5s4)c(N)oc23)C1. The van der Waals surface area contributed by atoms with E-state index in [1.165, 1.54) is 17.8 Å². The van der Waals surface area contributed by atoms with E-state index in [1.807, 2.05) is 24.3 Å². The number of phenols is 1. The molecular formula is C27H29N3O3S. The second-order valence-corrected chi connectivity index (χ2v) is 12.2. The molecule has 1 aliphatic carbocycles. The van der Waals surface area contributed by atoms with Crippen LogP contribution in [0.15, 0.2) is 45.6 Å². The Morgan fingerprint density at radius 3 is 2.79 bits per heavy atom. The van der Waals surface area contributed by atoms with Gasteiger partial charge in [-0.3, -0.25) is 9.69 Å². The Hall–Kier alpha value is -2.90. The summed E-state index contributed by atoms with van der Waals surface area (Å²) in [5.41, 5.74) is 8.79. The van der Waals surface area contributed by atoms with E-state index in [0.717, 1.165) is 29.6 Å². The highest BCUT2D eigenvalue weighted by molar-refractivity contribution is 7.21. The number of aromatic hydroxyl groups is 1. The summed E-state index contributed by atoms with van der Waals surface area (Å²) in [7, 11) is 0. The van der Waals surface area contributed by atoms with E-state index in [2.05, 4.69) is 30.7 Å². The molecule has 176 valence electrons. The number of rotatable bonds is 3. The summed E-state index contributed by atoms with van der Waals surface area (Å²) in [5, 5.41) is 11.8. The van der Waals surface area contributed by atoms with Crippen molar-refractivity contribution < 1.29 is 9.52 Å². The van der Waals surface area contributed by atoms with Crippen molar-refractivity contribution in [2.45, 2.75) is 52.6 Å². The number of likely N-dealkylation sites (tertiary alicyclic amines) is 1. The third-order valence-electron chi connectivity index (χ3n) is 7.56. The van der Waals surface area contributed by atoms with Crippen molar-refractivity contribution in [1.29, 1.82) is 0 Å². The van der Waals surface area contributed by atoms with E-state index in [1.54, 1.807) is 12.1 Å². The van der Waals surface area contributed by atoms with Crippen molar-refractivity contribution in [3.63, 3.8) is 0 Å². The van der Waals surface area contributed by atoms with Crippen LogP contribution < -0.4 is 11.2 Å². The number of nitrogens with zero attached hydrogens (tertiary/aromatic N) is 2. The highest BCUT2D eigenvalue weighted by Gasteiger charge is 2.49. The number of fused-ring (bicyclic) bond motifs is 4. The molecule has 0 spiro atoms. The summed E-state index contributed by atoms with van der Waals surface area (Å²) in [6.45, 7) is 8.56. The molecule has 0 radical (unpaired) electrons. The summed E-state index contributed by atoms with van der Waals surface area (Å²) < 4.78 is 7.07. The lowest BCUT2D eigenvalue weighted by Gasteiger charge is -2.40. The normalized spacial score (nSPS) is 24.3. The first kappa shape index (κ1) is 21.6. The maximum atomic E-state index is 13.6. The zero-order valence-corrected chi connectivity index (χ0v) is 20.5. The number of hydrogen-bond acceptors (Lipinski definition) is 7. The summed E-state index contributed by atoms with van der Waals surface area (Å²) >= 11 is 1.42. The van der Waals surface area contributed by atoms with Crippen LogP contribution in [-0.2, 0) is 6.54 Å². The zero-order valence-electron chi connectivity index (χ0n) is 19.7. The fraction of sp³-hybridized carbons (Fsp3) is 0.407. The van der Waals surface area contributed by atoms with Crippen LogP contribution in [0.1, 0.15) is 45.6 Å². The lowest BCUT2D eigenvalue weighted by atomic mass is 9.65. The van der Waals surface area contributed by atoms with Gasteiger partial charge in [-0.05, 0) is 54.4 Å². The van der Waals surface area contributed by atoms with Gasteiger partial charge >= 0.3 is 0 Å². The number of phenolic OH excluding ortho intramolecular Hbond substituents is 1. The summed E-state index contributed by atoms with van der Waals surface area (Å²) in [6, 6.07) is 11.4. The van der Waals surface area contributed by atoms with Crippen LogP contribution >= 0.6 is 11.3 Å².